The van der Waals surface area contributed by atoms with Crippen molar-refractivity contribution in [1.29, 1.82) is 0 Å². The summed E-state index contributed by atoms with van der Waals surface area (Å²) in [5, 5.41) is 3.83. The Balaban J connectivity index is 1.50. The lowest BCUT2D eigenvalue weighted by atomic mass is 9.95. The van der Waals surface area contributed by atoms with Crippen LogP contribution in [0, 0.1) is 0 Å². The van der Waals surface area contributed by atoms with E-state index in [9.17, 15) is 0 Å². The van der Waals surface area contributed by atoms with E-state index >= 15 is 0 Å². The summed E-state index contributed by atoms with van der Waals surface area (Å²) in [6, 6.07) is 13.5. The smallest absolute Gasteiger partial charge is 0.139 e. The van der Waals surface area contributed by atoms with Crippen LogP contribution in [0.4, 0.5) is 11.5 Å². The van der Waals surface area contributed by atoms with E-state index in [1.807, 2.05) is 0 Å². The molecule has 1 saturated heterocycles. The highest BCUT2D eigenvalue weighted by molar-refractivity contribution is 9.10. The van der Waals surface area contributed by atoms with Crippen LogP contribution < -0.4 is 10.2 Å². The number of aromatic nitrogens is 2. The van der Waals surface area contributed by atoms with Crippen molar-refractivity contribution < 1.29 is 4.74 Å². The molecule has 3 aromatic rings. The summed E-state index contributed by atoms with van der Waals surface area (Å²) in [7, 11) is 0. The molecule has 5 rings (SSSR count). The van der Waals surface area contributed by atoms with Crippen LogP contribution in [0.1, 0.15) is 32.1 Å². The van der Waals surface area contributed by atoms with Crippen molar-refractivity contribution in [2.45, 2.75) is 38.1 Å². The zero-order valence-corrected chi connectivity index (χ0v) is 18.2. The fraction of sp³-hybridized carbons (Fsp3) is 0.435. The Bertz CT molecular complexity index is 972. The Labute approximate surface area is 180 Å². The van der Waals surface area contributed by atoms with Gasteiger partial charge in [-0.2, -0.15) is 0 Å². The van der Waals surface area contributed by atoms with Crippen LogP contribution in [-0.4, -0.2) is 41.7 Å². The molecule has 2 fully saturated rings. The molecule has 0 radical (unpaired) electrons. The maximum Gasteiger partial charge on any atom is 0.139 e. The lowest BCUT2D eigenvalue weighted by Crippen LogP contribution is -2.36. The van der Waals surface area contributed by atoms with Gasteiger partial charge in [0.15, 0.2) is 0 Å². The summed E-state index contributed by atoms with van der Waals surface area (Å²) < 4.78 is 8.72. The highest BCUT2D eigenvalue weighted by Crippen LogP contribution is 2.33. The van der Waals surface area contributed by atoms with Crippen molar-refractivity contribution in [3.63, 3.8) is 0 Å². The topological polar surface area (TPSA) is 41.8 Å². The van der Waals surface area contributed by atoms with E-state index in [1.54, 1.807) is 0 Å². The summed E-state index contributed by atoms with van der Waals surface area (Å²) in [6.45, 7) is 3.52. The summed E-state index contributed by atoms with van der Waals surface area (Å²) in [4.78, 5) is 7.36. The normalized spacial score (nSPS) is 18.3. The Hall–Kier alpha value is -2.05. The summed E-state index contributed by atoms with van der Waals surface area (Å²) in [5.41, 5.74) is 4.41. The van der Waals surface area contributed by atoms with Crippen molar-refractivity contribution in [2.75, 3.05) is 36.5 Å². The second-order valence-electron chi connectivity index (χ2n) is 8.01. The van der Waals surface area contributed by atoms with Gasteiger partial charge in [-0.1, -0.05) is 31.4 Å². The third-order valence-corrected chi connectivity index (χ3v) is 6.51. The average molecular weight is 455 g/mol. The van der Waals surface area contributed by atoms with E-state index in [4.69, 9.17) is 9.72 Å². The van der Waals surface area contributed by atoms with E-state index in [-0.39, 0.29) is 0 Å². The van der Waals surface area contributed by atoms with Crippen LogP contribution in [0.3, 0.4) is 0 Å². The summed E-state index contributed by atoms with van der Waals surface area (Å²) >= 11 is 3.62. The summed E-state index contributed by atoms with van der Waals surface area (Å²) in [5.74, 6) is 1.10. The molecule has 1 aliphatic heterocycles. The largest absolute Gasteiger partial charge is 0.378 e. The highest BCUT2D eigenvalue weighted by atomic mass is 79.9. The quantitative estimate of drug-likeness (QED) is 0.577. The van der Waals surface area contributed by atoms with Gasteiger partial charge in [0.05, 0.1) is 13.2 Å². The van der Waals surface area contributed by atoms with Gasteiger partial charge in [-0.15, -0.1) is 0 Å². The number of morpholine rings is 1. The molecule has 0 amide bonds. The number of rotatable bonds is 4. The number of benzene rings is 1. The fourth-order valence-corrected chi connectivity index (χ4v) is 4.79. The standard InChI is InChI=1S/C23H27BrN4O/c24-18-8-11-21-26-22(23(28(21)16-18)25-19-4-2-1-3-5-19)17-6-9-20(10-7-17)27-12-14-29-15-13-27/h6-11,16,19,25H,1-5,12-15H2. The first kappa shape index (κ1) is 18.9. The van der Waals surface area contributed by atoms with Crippen LogP contribution in [0.25, 0.3) is 16.9 Å². The van der Waals surface area contributed by atoms with Crippen molar-refractivity contribution in [2.24, 2.45) is 0 Å². The van der Waals surface area contributed by atoms with Crippen LogP contribution >= 0.6 is 15.9 Å². The number of pyridine rings is 1. The maximum atomic E-state index is 5.48. The highest BCUT2D eigenvalue weighted by Gasteiger charge is 2.20. The van der Waals surface area contributed by atoms with E-state index in [2.05, 4.69) is 73.1 Å². The monoisotopic (exact) mass is 454 g/mol. The van der Waals surface area contributed by atoms with Crippen LogP contribution in [0.2, 0.25) is 0 Å². The van der Waals surface area contributed by atoms with Gasteiger partial charge in [-0.3, -0.25) is 4.40 Å². The van der Waals surface area contributed by atoms with Gasteiger partial charge >= 0.3 is 0 Å². The predicted octanol–water partition coefficient (Wildman–Crippen LogP) is 5.35. The van der Waals surface area contributed by atoms with Gasteiger partial charge in [0, 0.05) is 41.1 Å². The third kappa shape index (κ3) is 4.01. The molecule has 0 spiro atoms. The lowest BCUT2D eigenvalue weighted by Gasteiger charge is -2.29. The van der Waals surface area contributed by atoms with Crippen LogP contribution in [0.5, 0.6) is 0 Å². The number of anilines is 2. The second kappa shape index (κ2) is 8.36. The van der Waals surface area contributed by atoms with Crippen LogP contribution in [-0.2, 0) is 4.74 Å². The number of hydrogen-bond donors (Lipinski definition) is 1. The molecule has 1 saturated carbocycles. The first-order valence-electron chi connectivity index (χ1n) is 10.7. The van der Waals surface area contributed by atoms with Crippen molar-refractivity contribution in [3.05, 3.63) is 47.1 Å². The zero-order chi connectivity index (χ0) is 19.6. The van der Waals surface area contributed by atoms with Crippen LogP contribution in [0.15, 0.2) is 47.1 Å². The predicted molar refractivity (Wildman–Crippen MR) is 122 cm³/mol. The SMILES string of the molecule is Brc1ccc2nc(-c3ccc(N4CCOCC4)cc3)c(NC3CCCCC3)n2c1. The number of fused-ring (bicyclic) bond motifs is 1. The molecular weight excluding hydrogens is 428 g/mol. The van der Waals surface area contributed by atoms with E-state index in [1.165, 1.54) is 37.8 Å². The third-order valence-electron chi connectivity index (χ3n) is 6.05. The number of imidazole rings is 1. The lowest BCUT2D eigenvalue weighted by molar-refractivity contribution is 0.122. The fourth-order valence-electron chi connectivity index (χ4n) is 4.45. The van der Waals surface area contributed by atoms with Gasteiger partial charge in [0.25, 0.3) is 0 Å². The van der Waals surface area contributed by atoms with Crippen molar-refractivity contribution in [1.82, 2.24) is 9.38 Å². The van der Waals surface area contributed by atoms with Gasteiger partial charge in [-0.05, 0) is 53.0 Å². The minimum absolute atomic E-state index is 0.522. The molecule has 0 bridgehead atoms. The van der Waals surface area contributed by atoms with Gasteiger partial charge in [0.2, 0.25) is 0 Å². The average Bonchev–Trinajstić information content (AvgIpc) is 3.13. The molecule has 0 unspecified atom stereocenters. The van der Waals surface area contributed by atoms with Crippen molar-refractivity contribution in [3.8, 4) is 11.3 Å². The minimum atomic E-state index is 0.522. The zero-order valence-electron chi connectivity index (χ0n) is 16.6. The molecule has 1 N–H and O–H groups in total. The molecule has 1 aliphatic carbocycles. The number of nitrogens with one attached hydrogen (secondary N) is 1. The Morgan fingerprint density at radius 3 is 2.48 bits per heavy atom. The molecule has 29 heavy (non-hydrogen) atoms. The number of halogens is 1. The van der Waals surface area contributed by atoms with E-state index in [0.717, 1.165) is 53.5 Å². The molecule has 2 aliphatic rings. The molecule has 2 aromatic heterocycles. The molecule has 3 heterocycles. The summed E-state index contributed by atoms with van der Waals surface area (Å²) in [6.07, 6.45) is 8.54. The Morgan fingerprint density at radius 2 is 1.72 bits per heavy atom. The van der Waals surface area contributed by atoms with Gasteiger partial charge in [-0.25, -0.2) is 4.98 Å². The molecule has 5 nitrogen and oxygen atoms in total. The molecule has 152 valence electrons. The molecule has 6 heteroatoms. The molecular formula is C23H27BrN4O. The Kier molecular flexibility index (Phi) is 5.46. The van der Waals surface area contributed by atoms with E-state index < -0.39 is 0 Å². The van der Waals surface area contributed by atoms with E-state index in [0.29, 0.717) is 6.04 Å². The number of nitrogens with zero attached hydrogens (tertiary/aromatic N) is 3. The van der Waals surface area contributed by atoms with Gasteiger partial charge < -0.3 is 15.0 Å². The second-order valence-corrected chi connectivity index (χ2v) is 8.93. The molecule has 1 aromatic carbocycles. The minimum Gasteiger partial charge on any atom is -0.378 e. The molecule has 0 atom stereocenters. The number of hydrogen-bond acceptors (Lipinski definition) is 4. The maximum absolute atomic E-state index is 5.48. The number of ether oxygens (including phenoxy) is 1. The van der Waals surface area contributed by atoms with Gasteiger partial charge in [0.1, 0.15) is 17.2 Å². The first-order chi connectivity index (χ1) is 14.3. The Morgan fingerprint density at radius 1 is 0.966 bits per heavy atom. The van der Waals surface area contributed by atoms with Crippen molar-refractivity contribution >= 4 is 33.1 Å². The first-order valence-corrected chi connectivity index (χ1v) is 11.4.